The number of nitrogens with one attached hydrogen (secondary N) is 1. The Morgan fingerprint density at radius 3 is 2.79 bits per heavy atom. The van der Waals surface area contributed by atoms with Gasteiger partial charge in [0, 0.05) is 11.2 Å². The van der Waals surface area contributed by atoms with Crippen LogP contribution in [0.1, 0.15) is 20.8 Å². The number of nitrogens with zero attached hydrogens (tertiary/aromatic N) is 2. The first kappa shape index (κ1) is 15.9. The van der Waals surface area contributed by atoms with E-state index in [1.165, 1.54) is 25.4 Å². The molecule has 122 valence electrons. The number of carbonyl (C=O) groups excluding carboxylic acids is 3. The second-order valence-corrected chi connectivity index (χ2v) is 5.43. The standard InChI is InChI=1S/C16H12ClN3O4/c1-24-12-5-4-9(17)7-11(12)19-13(21)8-20-15(22)10-3-2-6-18-14(10)16(20)23/h2-7H,8H2,1H3,(H,19,21). The third kappa shape index (κ3) is 2.81. The van der Waals surface area contributed by atoms with Crippen molar-refractivity contribution in [1.82, 2.24) is 9.88 Å². The largest absolute Gasteiger partial charge is 0.495 e. The van der Waals surface area contributed by atoms with Crippen molar-refractivity contribution in [2.45, 2.75) is 0 Å². The van der Waals surface area contributed by atoms with Crippen molar-refractivity contribution >= 4 is 35.0 Å². The van der Waals surface area contributed by atoms with Gasteiger partial charge in [0.2, 0.25) is 5.91 Å². The average molecular weight is 346 g/mol. The Morgan fingerprint density at radius 1 is 1.29 bits per heavy atom. The van der Waals surface area contributed by atoms with Crippen LogP contribution in [0.25, 0.3) is 0 Å². The van der Waals surface area contributed by atoms with Crippen LogP contribution in [0.15, 0.2) is 36.5 Å². The number of halogens is 1. The molecule has 7 nitrogen and oxygen atoms in total. The van der Waals surface area contributed by atoms with E-state index >= 15 is 0 Å². The summed E-state index contributed by atoms with van der Waals surface area (Å²) >= 11 is 5.90. The Morgan fingerprint density at radius 2 is 2.08 bits per heavy atom. The summed E-state index contributed by atoms with van der Waals surface area (Å²) in [7, 11) is 1.45. The lowest BCUT2D eigenvalue weighted by atomic mass is 10.2. The highest BCUT2D eigenvalue weighted by molar-refractivity contribution is 6.31. The fraction of sp³-hybridized carbons (Fsp3) is 0.125. The van der Waals surface area contributed by atoms with Gasteiger partial charge in [0.15, 0.2) is 0 Å². The summed E-state index contributed by atoms with van der Waals surface area (Å²) in [4.78, 5) is 41.4. The molecule has 8 heteroatoms. The van der Waals surface area contributed by atoms with Gasteiger partial charge >= 0.3 is 0 Å². The van der Waals surface area contributed by atoms with Crippen molar-refractivity contribution in [1.29, 1.82) is 0 Å². The van der Waals surface area contributed by atoms with Gasteiger partial charge in [-0.05, 0) is 30.3 Å². The Hall–Kier alpha value is -2.93. The van der Waals surface area contributed by atoms with Crippen LogP contribution >= 0.6 is 11.6 Å². The van der Waals surface area contributed by atoms with Crippen LogP contribution in [0.4, 0.5) is 5.69 Å². The SMILES string of the molecule is COc1ccc(Cl)cc1NC(=O)CN1C(=O)c2cccnc2C1=O. The molecule has 1 aromatic carbocycles. The number of rotatable bonds is 4. The van der Waals surface area contributed by atoms with E-state index in [1.54, 1.807) is 18.2 Å². The lowest BCUT2D eigenvalue weighted by Crippen LogP contribution is -2.37. The molecule has 0 saturated heterocycles. The number of aromatic nitrogens is 1. The molecule has 0 radical (unpaired) electrons. The minimum atomic E-state index is -0.594. The number of fused-ring (bicyclic) bond motifs is 1. The molecule has 3 rings (SSSR count). The van der Waals surface area contributed by atoms with E-state index in [9.17, 15) is 14.4 Å². The minimum Gasteiger partial charge on any atom is -0.495 e. The van der Waals surface area contributed by atoms with Crippen molar-refractivity contribution < 1.29 is 19.1 Å². The quantitative estimate of drug-likeness (QED) is 0.856. The number of anilines is 1. The minimum absolute atomic E-state index is 0.0515. The van der Waals surface area contributed by atoms with Gasteiger partial charge in [-0.1, -0.05) is 11.6 Å². The summed E-state index contributed by atoms with van der Waals surface area (Å²) in [5.74, 6) is -1.28. The third-order valence-electron chi connectivity index (χ3n) is 3.47. The number of imide groups is 1. The van der Waals surface area contributed by atoms with Crippen LogP contribution < -0.4 is 10.1 Å². The van der Waals surface area contributed by atoms with Gasteiger partial charge in [-0.25, -0.2) is 0 Å². The summed E-state index contributed by atoms with van der Waals surface area (Å²) in [6.07, 6.45) is 1.42. The first-order chi connectivity index (χ1) is 11.5. The molecule has 0 bridgehead atoms. The zero-order chi connectivity index (χ0) is 17.3. The smallest absolute Gasteiger partial charge is 0.280 e. The van der Waals surface area contributed by atoms with E-state index in [-0.39, 0.29) is 11.3 Å². The molecule has 2 aromatic rings. The Kier molecular flexibility index (Phi) is 4.18. The molecule has 0 aliphatic carbocycles. The highest BCUT2D eigenvalue weighted by atomic mass is 35.5. The number of hydrogen-bond acceptors (Lipinski definition) is 5. The first-order valence-electron chi connectivity index (χ1n) is 6.96. The average Bonchev–Trinajstić information content (AvgIpc) is 2.80. The van der Waals surface area contributed by atoms with E-state index in [0.29, 0.717) is 16.5 Å². The molecule has 0 saturated carbocycles. The predicted octanol–water partition coefficient (Wildman–Crippen LogP) is 1.98. The lowest BCUT2D eigenvalue weighted by Gasteiger charge is -2.15. The van der Waals surface area contributed by atoms with E-state index in [0.717, 1.165) is 4.90 Å². The van der Waals surface area contributed by atoms with Crippen molar-refractivity contribution in [3.8, 4) is 5.75 Å². The number of methoxy groups -OCH3 is 1. The second-order valence-electron chi connectivity index (χ2n) is 4.99. The van der Waals surface area contributed by atoms with Gasteiger partial charge in [-0.15, -0.1) is 0 Å². The molecule has 0 unspecified atom stereocenters. The fourth-order valence-corrected chi connectivity index (χ4v) is 2.54. The van der Waals surface area contributed by atoms with Gasteiger partial charge in [0.1, 0.15) is 18.0 Å². The Balaban J connectivity index is 1.76. The number of benzene rings is 1. The zero-order valence-corrected chi connectivity index (χ0v) is 13.3. The van der Waals surface area contributed by atoms with Crippen molar-refractivity contribution in [2.24, 2.45) is 0 Å². The highest BCUT2D eigenvalue weighted by Crippen LogP contribution is 2.28. The molecule has 0 spiro atoms. The fourth-order valence-electron chi connectivity index (χ4n) is 2.37. The van der Waals surface area contributed by atoms with Crippen LogP contribution in [-0.2, 0) is 4.79 Å². The molecular formula is C16H12ClN3O4. The second kappa shape index (κ2) is 6.29. The molecule has 2 heterocycles. The summed E-state index contributed by atoms with van der Waals surface area (Å²) in [5, 5.41) is 3.00. The molecule has 1 N–H and O–H groups in total. The molecule has 0 atom stereocenters. The molecule has 0 fully saturated rings. The van der Waals surface area contributed by atoms with E-state index < -0.39 is 24.3 Å². The van der Waals surface area contributed by atoms with Crippen molar-refractivity contribution in [2.75, 3.05) is 19.0 Å². The van der Waals surface area contributed by atoms with Crippen LogP contribution in [0.5, 0.6) is 5.75 Å². The van der Waals surface area contributed by atoms with Gasteiger partial charge in [-0.3, -0.25) is 24.3 Å². The first-order valence-corrected chi connectivity index (χ1v) is 7.33. The highest BCUT2D eigenvalue weighted by Gasteiger charge is 2.37. The number of hydrogen-bond donors (Lipinski definition) is 1. The molecular weight excluding hydrogens is 334 g/mol. The molecule has 1 aliphatic rings. The zero-order valence-electron chi connectivity index (χ0n) is 12.6. The summed E-state index contributed by atoms with van der Waals surface area (Å²) < 4.78 is 5.13. The van der Waals surface area contributed by atoms with Gasteiger partial charge in [0.25, 0.3) is 11.8 Å². The van der Waals surface area contributed by atoms with Crippen LogP contribution in [0.2, 0.25) is 5.02 Å². The maximum absolute atomic E-state index is 12.2. The molecule has 24 heavy (non-hydrogen) atoms. The van der Waals surface area contributed by atoms with E-state index in [1.807, 2.05) is 0 Å². The maximum Gasteiger partial charge on any atom is 0.280 e. The molecule has 3 amide bonds. The number of carbonyl (C=O) groups is 3. The molecule has 1 aromatic heterocycles. The Labute approximate surface area is 142 Å². The topological polar surface area (TPSA) is 88.6 Å². The third-order valence-corrected chi connectivity index (χ3v) is 3.70. The van der Waals surface area contributed by atoms with Crippen molar-refractivity contribution in [3.05, 3.63) is 52.8 Å². The van der Waals surface area contributed by atoms with Crippen LogP contribution in [0, 0.1) is 0 Å². The summed E-state index contributed by atoms with van der Waals surface area (Å²) in [6, 6.07) is 7.79. The number of ether oxygens (including phenoxy) is 1. The maximum atomic E-state index is 12.2. The number of pyridine rings is 1. The molecule has 1 aliphatic heterocycles. The van der Waals surface area contributed by atoms with E-state index in [4.69, 9.17) is 16.3 Å². The van der Waals surface area contributed by atoms with Crippen molar-refractivity contribution in [3.63, 3.8) is 0 Å². The normalized spacial score (nSPS) is 13.0. The van der Waals surface area contributed by atoms with Gasteiger partial charge in [0.05, 0.1) is 18.4 Å². The van der Waals surface area contributed by atoms with Crippen LogP contribution in [0.3, 0.4) is 0 Å². The number of amides is 3. The van der Waals surface area contributed by atoms with Gasteiger partial charge < -0.3 is 10.1 Å². The lowest BCUT2D eigenvalue weighted by molar-refractivity contribution is -0.116. The van der Waals surface area contributed by atoms with Crippen LogP contribution in [-0.4, -0.2) is 41.3 Å². The summed E-state index contributed by atoms with van der Waals surface area (Å²) in [6.45, 7) is -0.427. The Bertz CT molecular complexity index is 818. The monoisotopic (exact) mass is 345 g/mol. The van der Waals surface area contributed by atoms with E-state index in [2.05, 4.69) is 10.3 Å². The van der Waals surface area contributed by atoms with Gasteiger partial charge in [-0.2, -0.15) is 0 Å². The summed E-state index contributed by atoms with van der Waals surface area (Å²) in [5.41, 5.74) is 0.594. The predicted molar refractivity (Wildman–Crippen MR) is 86.2 cm³/mol.